The highest BCUT2D eigenvalue weighted by Crippen LogP contribution is 2.33. The minimum atomic E-state index is -1.24. The summed E-state index contributed by atoms with van der Waals surface area (Å²) in [5.74, 6) is -1.57. The van der Waals surface area contributed by atoms with Crippen LogP contribution in [0.3, 0.4) is 0 Å². The number of carbonyl (C=O) groups excluding carboxylic acids is 2. The van der Waals surface area contributed by atoms with Gasteiger partial charge in [-0.25, -0.2) is 9.59 Å². The van der Waals surface area contributed by atoms with Gasteiger partial charge in [-0.2, -0.15) is 0 Å². The molecule has 2 aliphatic rings. The van der Waals surface area contributed by atoms with Crippen LogP contribution >= 0.6 is 0 Å². The van der Waals surface area contributed by atoms with Crippen LogP contribution in [0.4, 0.5) is 5.69 Å². The summed E-state index contributed by atoms with van der Waals surface area (Å²) in [5.41, 5.74) is 2.73. The number of hydrogen-bond donors (Lipinski definition) is 1. The van der Waals surface area contributed by atoms with E-state index in [-0.39, 0.29) is 5.57 Å². The van der Waals surface area contributed by atoms with E-state index in [1.165, 1.54) is 25.6 Å². The van der Waals surface area contributed by atoms with Crippen molar-refractivity contribution < 1.29 is 23.5 Å². The van der Waals surface area contributed by atoms with Gasteiger partial charge in [-0.3, -0.25) is 0 Å². The van der Waals surface area contributed by atoms with E-state index in [4.69, 9.17) is 13.9 Å². The highest BCUT2D eigenvalue weighted by atomic mass is 16.7. The molecule has 6 heteroatoms. The first-order valence-corrected chi connectivity index (χ1v) is 8.41. The fourth-order valence-corrected chi connectivity index (χ4v) is 3.29. The second-order valence-corrected chi connectivity index (χ2v) is 6.80. The van der Waals surface area contributed by atoms with Gasteiger partial charge in [0.2, 0.25) is 0 Å². The second-order valence-electron chi connectivity index (χ2n) is 6.80. The highest BCUT2D eigenvalue weighted by molar-refractivity contribution is 6.15. The zero-order chi connectivity index (χ0) is 17.6. The summed E-state index contributed by atoms with van der Waals surface area (Å²) >= 11 is 0. The molecule has 0 amide bonds. The number of esters is 2. The van der Waals surface area contributed by atoms with E-state index < -0.39 is 17.7 Å². The van der Waals surface area contributed by atoms with Gasteiger partial charge in [0.15, 0.2) is 5.57 Å². The average Bonchev–Trinajstić information content (AvgIpc) is 2.91. The molecule has 1 saturated heterocycles. The molecule has 1 aromatic carbocycles. The Morgan fingerprint density at radius 2 is 1.80 bits per heavy atom. The summed E-state index contributed by atoms with van der Waals surface area (Å²) in [6, 6.07) is 5.72. The third-order valence-electron chi connectivity index (χ3n) is 4.46. The number of anilines is 1. The largest absolute Gasteiger partial charge is 0.461 e. The Kier molecular flexibility index (Phi) is 3.56. The molecule has 25 heavy (non-hydrogen) atoms. The third-order valence-corrected chi connectivity index (χ3v) is 4.46. The molecule has 1 aliphatic carbocycles. The van der Waals surface area contributed by atoms with Crippen LogP contribution in [0.1, 0.15) is 38.0 Å². The molecule has 6 nitrogen and oxygen atoms in total. The standard InChI is InChI=1S/C19H19NO5/c1-19(2)24-17(21)14(18(22)25-19)10-20-11-7-8-16-13(9-11)12-5-3-4-6-15(12)23-16/h7-10,20H,3-6H2,1-2H3. The number of benzene rings is 1. The molecule has 0 unspecified atom stereocenters. The van der Waals surface area contributed by atoms with Crippen LogP contribution in [-0.4, -0.2) is 17.7 Å². The van der Waals surface area contributed by atoms with Crippen molar-refractivity contribution in [2.24, 2.45) is 0 Å². The summed E-state index contributed by atoms with van der Waals surface area (Å²) in [6.07, 6.45) is 5.64. The fraction of sp³-hybridized carbons (Fsp3) is 0.368. The van der Waals surface area contributed by atoms with E-state index in [2.05, 4.69) is 5.32 Å². The number of carbonyl (C=O) groups is 2. The van der Waals surface area contributed by atoms with Gasteiger partial charge in [-0.1, -0.05) is 0 Å². The molecule has 130 valence electrons. The summed E-state index contributed by atoms with van der Waals surface area (Å²) in [5, 5.41) is 4.06. The SMILES string of the molecule is CC1(C)OC(=O)C(=CNc2ccc3oc4c(c3c2)CCCC4)C(=O)O1. The molecule has 1 N–H and O–H groups in total. The topological polar surface area (TPSA) is 77.8 Å². The Hall–Kier alpha value is -2.76. The van der Waals surface area contributed by atoms with Gasteiger partial charge in [0.05, 0.1) is 0 Å². The molecular weight excluding hydrogens is 322 g/mol. The van der Waals surface area contributed by atoms with E-state index in [0.29, 0.717) is 0 Å². The van der Waals surface area contributed by atoms with Gasteiger partial charge in [0.25, 0.3) is 5.79 Å². The van der Waals surface area contributed by atoms with Crippen LogP contribution in [0.15, 0.2) is 34.4 Å². The van der Waals surface area contributed by atoms with Crippen LogP contribution in [0.25, 0.3) is 11.0 Å². The second kappa shape index (κ2) is 5.65. The minimum absolute atomic E-state index is 0.159. The zero-order valence-corrected chi connectivity index (χ0v) is 14.2. The van der Waals surface area contributed by atoms with Gasteiger partial charge in [-0.15, -0.1) is 0 Å². The summed E-state index contributed by atoms with van der Waals surface area (Å²) < 4.78 is 16.0. The zero-order valence-electron chi connectivity index (χ0n) is 14.2. The average molecular weight is 341 g/mol. The normalized spacial score (nSPS) is 19.2. The van der Waals surface area contributed by atoms with Gasteiger partial charge in [-0.05, 0) is 37.5 Å². The van der Waals surface area contributed by atoms with Crippen molar-refractivity contribution in [3.05, 3.63) is 41.3 Å². The van der Waals surface area contributed by atoms with Gasteiger partial charge in [0.1, 0.15) is 11.3 Å². The first-order chi connectivity index (χ1) is 11.9. The maximum atomic E-state index is 12.0. The van der Waals surface area contributed by atoms with E-state index in [0.717, 1.165) is 48.1 Å². The molecule has 0 spiro atoms. The Labute approximate surface area is 144 Å². The van der Waals surface area contributed by atoms with Crippen molar-refractivity contribution in [1.82, 2.24) is 0 Å². The summed E-state index contributed by atoms with van der Waals surface area (Å²) in [6.45, 7) is 3.03. The van der Waals surface area contributed by atoms with Crippen LogP contribution in [0, 0.1) is 0 Å². The van der Waals surface area contributed by atoms with Crippen molar-refractivity contribution in [2.45, 2.75) is 45.3 Å². The highest BCUT2D eigenvalue weighted by Gasteiger charge is 2.38. The minimum Gasteiger partial charge on any atom is -0.461 e. The molecule has 0 bridgehead atoms. The first-order valence-electron chi connectivity index (χ1n) is 8.41. The molecule has 1 fully saturated rings. The number of nitrogens with one attached hydrogen (secondary N) is 1. The molecule has 4 rings (SSSR count). The lowest BCUT2D eigenvalue weighted by Gasteiger charge is -2.29. The number of rotatable bonds is 2. The quantitative estimate of drug-likeness (QED) is 0.512. The van der Waals surface area contributed by atoms with E-state index >= 15 is 0 Å². The van der Waals surface area contributed by atoms with E-state index in [1.807, 2.05) is 18.2 Å². The van der Waals surface area contributed by atoms with Crippen molar-refractivity contribution >= 4 is 28.6 Å². The molecule has 1 aliphatic heterocycles. The molecule has 2 heterocycles. The lowest BCUT2D eigenvalue weighted by Crippen LogP contribution is -2.42. The van der Waals surface area contributed by atoms with Crippen molar-refractivity contribution in [1.29, 1.82) is 0 Å². The van der Waals surface area contributed by atoms with Crippen molar-refractivity contribution in [2.75, 3.05) is 5.32 Å². The Morgan fingerprint density at radius 1 is 1.08 bits per heavy atom. The third kappa shape index (κ3) is 2.88. The predicted octanol–water partition coefficient (Wildman–Crippen LogP) is 3.44. The molecular formula is C19H19NO5. The van der Waals surface area contributed by atoms with Crippen LogP contribution in [0.5, 0.6) is 0 Å². The van der Waals surface area contributed by atoms with E-state index in [1.54, 1.807) is 0 Å². The van der Waals surface area contributed by atoms with Gasteiger partial charge < -0.3 is 19.2 Å². The number of cyclic esters (lactones) is 2. The molecule has 1 aromatic heterocycles. The lowest BCUT2D eigenvalue weighted by atomic mass is 9.96. The lowest BCUT2D eigenvalue weighted by molar-refractivity contribution is -0.222. The van der Waals surface area contributed by atoms with Gasteiger partial charge in [0, 0.05) is 43.1 Å². The number of hydrogen-bond acceptors (Lipinski definition) is 6. The summed E-state index contributed by atoms with van der Waals surface area (Å²) in [4.78, 5) is 23.9. The molecule has 0 saturated carbocycles. The maximum Gasteiger partial charge on any atom is 0.350 e. The monoisotopic (exact) mass is 341 g/mol. The van der Waals surface area contributed by atoms with Crippen molar-refractivity contribution in [3.63, 3.8) is 0 Å². The predicted molar refractivity (Wildman–Crippen MR) is 90.8 cm³/mol. The van der Waals surface area contributed by atoms with E-state index in [9.17, 15) is 9.59 Å². The first kappa shape index (κ1) is 15.7. The maximum absolute atomic E-state index is 12.0. The molecule has 0 radical (unpaired) electrons. The Balaban J connectivity index is 1.61. The number of furan rings is 1. The smallest absolute Gasteiger partial charge is 0.350 e. The Bertz CT molecular complexity index is 884. The number of fused-ring (bicyclic) bond motifs is 3. The van der Waals surface area contributed by atoms with Crippen LogP contribution < -0.4 is 5.32 Å². The summed E-state index contributed by atoms with van der Waals surface area (Å²) in [7, 11) is 0. The number of aryl methyl sites for hydroxylation is 2. The van der Waals surface area contributed by atoms with Crippen LogP contribution in [0.2, 0.25) is 0 Å². The number of ether oxygens (including phenoxy) is 2. The molecule has 2 aromatic rings. The molecule has 0 atom stereocenters. The van der Waals surface area contributed by atoms with Crippen molar-refractivity contribution in [3.8, 4) is 0 Å². The Morgan fingerprint density at radius 3 is 2.56 bits per heavy atom. The van der Waals surface area contributed by atoms with Crippen LogP contribution in [-0.2, 0) is 31.9 Å². The fourth-order valence-electron chi connectivity index (χ4n) is 3.29. The van der Waals surface area contributed by atoms with Gasteiger partial charge >= 0.3 is 11.9 Å².